The molecule has 186 valence electrons. The predicted octanol–water partition coefficient (Wildman–Crippen LogP) is 4.85. The van der Waals surface area contributed by atoms with Crippen LogP contribution < -0.4 is 4.90 Å². The number of benzene rings is 2. The Morgan fingerprint density at radius 3 is 2.25 bits per heavy atom. The Balaban J connectivity index is 1.85. The van der Waals surface area contributed by atoms with Crippen LogP contribution in [0.4, 0.5) is 5.69 Å². The van der Waals surface area contributed by atoms with Crippen molar-refractivity contribution in [2.45, 2.75) is 33.7 Å². The molecule has 2 heterocycles. The fourth-order valence-electron chi connectivity index (χ4n) is 4.59. The van der Waals surface area contributed by atoms with Crippen molar-refractivity contribution < 1.29 is 23.6 Å². The molecule has 2 amide bonds. The zero-order valence-electron chi connectivity index (χ0n) is 21.1. The van der Waals surface area contributed by atoms with E-state index in [1.54, 1.807) is 62.2 Å². The second kappa shape index (κ2) is 9.93. The average molecular weight is 487 g/mol. The maximum Gasteiger partial charge on any atom is 0.295 e. The zero-order valence-corrected chi connectivity index (χ0v) is 21.1. The Labute approximate surface area is 210 Å². The summed E-state index contributed by atoms with van der Waals surface area (Å²) in [5, 5.41) is 0. The van der Waals surface area contributed by atoms with Crippen molar-refractivity contribution in [2.75, 3.05) is 18.5 Å². The SMILES string of the molecule is CCN(C)C(=O)c1ccccc1C1C(C(=O)C(C)C)C(=O)C(=O)N1c1ccc(-c2ccc(C)o2)cc1. The van der Waals surface area contributed by atoms with E-state index < -0.39 is 29.6 Å². The van der Waals surface area contributed by atoms with Crippen LogP contribution in [-0.2, 0) is 14.4 Å². The molecule has 0 radical (unpaired) electrons. The van der Waals surface area contributed by atoms with Gasteiger partial charge in [-0.15, -0.1) is 0 Å². The molecular weight excluding hydrogens is 456 g/mol. The van der Waals surface area contributed by atoms with Gasteiger partial charge in [-0.3, -0.25) is 24.1 Å². The van der Waals surface area contributed by atoms with E-state index in [-0.39, 0.29) is 11.7 Å². The molecule has 0 N–H and O–H groups in total. The van der Waals surface area contributed by atoms with E-state index in [1.165, 1.54) is 4.90 Å². The van der Waals surface area contributed by atoms with E-state index in [0.717, 1.165) is 11.3 Å². The highest BCUT2D eigenvalue weighted by Crippen LogP contribution is 2.43. The third-order valence-electron chi connectivity index (χ3n) is 6.68. The van der Waals surface area contributed by atoms with Crippen LogP contribution in [0.15, 0.2) is 65.1 Å². The number of hydrogen-bond donors (Lipinski definition) is 0. The number of rotatable bonds is 7. The smallest absolute Gasteiger partial charge is 0.295 e. The van der Waals surface area contributed by atoms with E-state index in [9.17, 15) is 19.2 Å². The molecule has 7 nitrogen and oxygen atoms in total. The van der Waals surface area contributed by atoms with Gasteiger partial charge in [-0.1, -0.05) is 32.0 Å². The highest BCUT2D eigenvalue weighted by Gasteiger charge is 2.53. The van der Waals surface area contributed by atoms with E-state index in [4.69, 9.17) is 4.42 Å². The van der Waals surface area contributed by atoms with E-state index >= 15 is 0 Å². The minimum Gasteiger partial charge on any atom is -0.461 e. The summed E-state index contributed by atoms with van der Waals surface area (Å²) in [5.74, 6) is -2.27. The normalized spacial score (nSPS) is 17.7. The lowest BCUT2D eigenvalue weighted by atomic mass is 9.83. The lowest BCUT2D eigenvalue weighted by molar-refractivity contribution is -0.139. The van der Waals surface area contributed by atoms with Gasteiger partial charge in [0.25, 0.3) is 11.8 Å². The fraction of sp³-hybridized carbons (Fsp3) is 0.310. The highest BCUT2D eigenvalue weighted by molar-refractivity contribution is 6.48. The Hall–Kier alpha value is -4.00. The molecule has 1 fully saturated rings. The van der Waals surface area contributed by atoms with Gasteiger partial charge >= 0.3 is 0 Å². The molecule has 2 atom stereocenters. The summed E-state index contributed by atoms with van der Waals surface area (Å²) in [6.45, 7) is 7.63. The first kappa shape index (κ1) is 25.1. The summed E-state index contributed by atoms with van der Waals surface area (Å²) >= 11 is 0. The summed E-state index contributed by atoms with van der Waals surface area (Å²) in [4.78, 5) is 56.0. The molecule has 4 rings (SSSR count). The average Bonchev–Trinajstić information content (AvgIpc) is 3.43. The van der Waals surface area contributed by atoms with E-state index in [1.807, 2.05) is 38.1 Å². The number of amides is 2. The van der Waals surface area contributed by atoms with Crippen LogP contribution in [-0.4, -0.2) is 41.9 Å². The number of Topliss-reactive ketones (excluding diaryl/α,β-unsaturated/α-hetero) is 2. The molecule has 2 unspecified atom stereocenters. The van der Waals surface area contributed by atoms with Crippen molar-refractivity contribution in [1.82, 2.24) is 4.90 Å². The molecule has 1 aliphatic rings. The monoisotopic (exact) mass is 486 g/mol. The van der Waals surface area contributed by atoms with Gasteiger partial charge in [0.2, 0.25) is 5.78 Å². The molecule has 0 spiro atoms. The summed E-state index contributed by atoms with van der Waals surface area (Å²) in [6.07, 6.45) is 0. The van der Waals surface area contributed by atoms with Crippen LogP contribution in [0.1, 0.15) is 48.5 Å². The summed E-state index contributed by atoms with van der Waals surface area (Å²) < 4.78 is 5.69. The Bertz CT molecular complexity index is 1320. The first-order valence-electron chi connectivity index (χ1n) is 12.1. The summed E-state index contributed by atoms with van der Waals surface area (Å²) in [7, 11) is 1.69. The van der Waals surface area contributed by atoms with E-state index in [2.05, 4.69) is 0 Å². The second-order valence-corrected chi connectivity index (χ2v) is 9.38. The lowest BCUT2D eigenvalue weighted by Crippen LogP contribution is -2.34. The van der Waals surface area contributed by atoms with Crippen molar-refractivity contribution in [2.24, 2.45) is 11.8 Å². The third kappa shape index (κ3) is 4.37. The quantitative estimate of drug-likeness (QED) is 0.352. The van der Waals surface area contributed by atoms with Gasteiger partial charge in [0.05, 0.1) is 6.04 Å². The first-order chi connectivity index (χ1) is 17.1. The van der Waals surface area contributed by atoms with Crippen LogP contribution in [0.5, 0.6) is 0 Å². The second-order valence-electron chi connectivity index (χ2n) is 9.38. The number of carbonyl (C=O) groups is 4. The largest absolute Gasteiger partial charge is 0.461 e. The highest BCUT2D eigenvalue weighted by atomic mass is 16.3. The van der Waals surface area contributed by atoms with Crippen LogP contribution in [0.25, 0.3) is 11.3 Å². The minimum atomic E-state index is -1.20. The van der Waals surface area contributed by atoms with Gasteiger partial charge in [-0.25, -0.2) is 0 Å². The molecule has 7 heteroatoms. The molecule has 0 saturated carbocycles. The van der Waals surface area contributed by atoms with Crippen LogP contribution in [0, 0.1) is 18.8 Å². The van der Waals surface area contributed by atoms with Crippen molar-refractivity contribution >= 4 is 29.1 Å². The van der Waals surface area contributed by atoms with Gasteiger partial charge in [0.1, 0.15) is 23.2 Å². The Morgan fingerprint density at radius 2 is 1.67 bits per heavy atom. The fourth-order valence-corrected chi connectivity index (χ4v) is 4.59. The molecule has 36 heavy (non-hydrogen) atoms. The molecule has 3 aromatic rings. The van der Waals surface area contributed by atoms with Gasteiger partial charge in [-0.2, -0.15) is 0 Å². The van der Waals surface area contributed by atoms with Gasteiger partial charge in [0.15, 0.2) is 0 Å². The summed E-state index contributed by atoms with van der Waals surface area (Å²) in [6, 6.07) is 16.8. The first-order valence-corrected chi connectivity index (χ1v) is 12.1. The number of nitrogens with zero attached hydrogens (tertiary/aromatic N) is 2. The van der Waals surface area contributed by atoms with Gasteiger partial charge < -0.3 is 9.32 Å². The van der Waals surface area contributed by atoms with Gasteiger partial charge in [-0.05, 0) is 61.9 Å². The summed E-state index contributed by atoms with van der Waals surface area (Å²) in [5.41, 5.74) is 2.13. The van der Waals surface area contributed by atoms with Crippen LogP contribution >= 0.6 is 0 Å². The van der Waals surface area contributed by atoms with Crippen molar-refractivity contribution in [3.8, 4) is 11.3 Å². The lowest BCUT2D eigenvalue weighted by Gasteiger charge is -2.30. The Kier molecular flexibility index (Phi) is 6.93. The topological polar surface area (TPSA) is 87.9 Å². The molecule has 0 aliphatic carbocycles. The third-order valence-corrected chi connectivity index (χ3v) is 6.68. The van der Waals surface area contributed by atoms with Crippen LogP contribution in [0.3, 0.4) is 0 Å². The maximum absolute atomic E-state index is 13.4. The molecule has 1 aliphatic heterocycles. The Morgan fingerprint density at radius 1 is 1.00 bits per heavy atom. The van der Waals surface area contributed by atoms with Crippen LogP contribution in [0.2, 0.25) is 0 Å². The number of anilines is 1. The van der Waals surface area contributed by atoms with Crippen molar-refractivity contribution in [1.29, 1.82) is 0 Å². The van der Waals surface area contributed by atoms with Gasteiger partial charge in [0, 0.05) is 36.3 Å². The predicted molar refractivity (Wildman–Crippen MR) is 137 cm³/mol. The maximum atomic E-state index is 13.4. The standard InChI is InChI=1S/C29H30N2O5/c1-6-30(5)28(34)22-10-8-7-9-21(22)25-24(26(32)17(2)3)27(33)29(35)31(25)20-14-12-19(13-15-20)23-16-11-18(4)36-23/h7-17,24-25H,6H2,1-5H3. The molecule has 1 saturated heterocycles. The number of aryl methyl sites for hydroxylation is 1. The number of carbonyl (C=O) groups excluding carboxylic acids is 4. The zero-order chi connectivity index (χ0) is 26.1. The molecule has 1 aromatic heterocycles. The number of hydrogen-bond acceptors (Lipinski definition) is 5. The van der Waals surface area contributed by atoms with Crippen molar-refractivity contribution in [3.05, 3.63) is 77.6 Å². The molecule has 2 aromatic carbocycles. The molecule has 0 bridgehead atoms. The van der Waals surface area contributed by atoms with Crippen molar-refractivity contribution in [3.63, 3.8) is 0 Å². The number of furan rings is 1. The number of ketones is 2. The minimum absolute atomic E-state index is 0.237. The molecular formula is C29H30N2O5. The van der Waals surface area contributed by atoms with E-state index in [0.29, 0.717) is 29.1 Å².